The quantitative estimate of drug-likeness (QED) is 0.0898. The number of unbranched alkanes of at least 4 members (excludes halogenated alkanes) is 2. The van der Waals surface area contributed by atoms with E-state index in [1.54, 1.807) is 0 Å². The van der Waals surface area contributed by atoms with Gasteiger partial charge < -0.3 is 0 Å². The van der Waals surface area contributed by atoms with Crippen LogP contribution in [0.2, 0.25) is 0 Å². The van der Waals surface area contributed by atoms with Crippen molar-refractivity contribution < 1.29 is 16.4 Å². The van der Waals surface area contributed by atoms with Crippen molar-refractivity contribution in [3.8, 4) is 33.4 Å². The van der Waals surface area contributed by atoms with Crippen molar-refractivity contribution in [2.24, 2.45) is 0 Å². The summed E-state index contributed by atoms with van der Waals surface area (Å²) in [5, 5.41) is 3.00. The van der Waals surface area contributed by atoms with Crippen LogP contribution >= 0.6 is 17.0 Å². The van der Waals surface area contributed by atoms with Gasteiger partial charge in [0.15, 0.2) is 0 Å². The number of halogens is 2. The molecule has 2 atom stereocenters. The molecule has 74 heavy (non-hydrogen) atoms. The van der Waals surface area contributed by atoms with E-state index < -0.39 is 25.9 Å². The molecular weight excluding hydrogens is 1030 g/mol. The van der Waals surface area contributed by atoms with Crippen LogP contribution in [-0.4, -0.2) is 9.52 Å². The topological polar surface area (TPSA) is 0 Å². The second kappa shape index (κ2) is 20.7. The molecule has 0 aromatic heterocycles. The van der Waals surface area contributed by atoms with E-state index in [0.717, 1.165) is 38.5 Å². The van der Waals surface area contributed by atoms with Crippen LogP contribution in [0.3, 0.4) is 0 Å². The van der Waals surface area contributed by atoms with Gasteiger partial charge >= 0.3 is 463 Å². The van der Waals surface area contributed by atoms with Gasteiger partial charge in [0.25, 0.3) is 0 Å². The molecule has 2 aliphatic carbocycles. The van der Waals surface area contributed by atoms with E-state index in [9.17, 15) is 17.0 Å². The molecule has 0 spiro atoms. The minimum atomic E-state index is -5.88. The van der Waals surface area contributed by atoms with Crippen molar-refractivity contribution in [2.45, 2.75) is 191 Å². The van der Waals surface area contributed by atoms with Gasteiger partial charge in [-0.3, -0.25) is 0 Å². The van der Waals surface area contributed by atoms with Gasteiger partial charge in [-0.25, -0.2) is 0 Å². The van der Waals surface area contributed by atoms with Crippen LogP contribution in [0.1, 0.15) is 236 Å². The molecule has 2 unspecified atom stereocenters. The number of hydrogen-bond acceptors (Lipinski definition) is 0. The van der Waals surface area contributed by atoms with Gasteiger partial charge in [-0.2, -0.15) is 0 Å². The molecule has 389 valence electrons. The maximum atomic E-state index is 9.80. The Bertz CT molecular complexity index is 2980. The Labute approximate surface area is 459 Å². The van der Waals surface area contributed by atoms with E-state index in [-0.39, 0.29) is 18.1 Å². The van der Waals surface area contributed by atoms with Crippen LogP contribution in [0, 0.1) is 0 Å². The molecule has 0 bridgehead atoms. The fourth-order valence-electron chi connectivity index (χ4n) is 13.4. The minimum absolute atomic E-state index is 0.104. The van der Waals surface area contributed by atoms with Crippen LogP contribution in [0.15, 0.2) is 114 Å². The average molecular weight is 1120 g/mol. The van der Waals surface area contributed by atoms with Gasteiger partial charge in [-0.1, -0.05) is 0 Å². The van der Waals surface area contributed by atoms with E-state index in [1.807, 2.05) is 0 Å². The normalized spacial score (nSPS) is 17.2. The number of hydrogen-bond donors (Lipinski definition) is 0. The molecular formula is C70H87Cl2SiZr. The summed E-state index contributed by atoms with van der Waals surface area (Å²) in [6, 6.07) is 41.4. The molecule has 6 aromatic carbocycles. The summed E-state index contributed by atoms with van der Waals surface area (Å²) in [4.78, 5) is 0. The zero-order chi connectivity index (χ0) is 53.4. The number of rotatable bonds is 15. The SMILES string of the molecule is CCCCC1=Cc2c(ccc(C(C)(C)C)c2-c2cc(C(C)C)cc(C(C)C)c2)[CH]1[Zr]([Cl])([Cl])([c]1cccc2c1[SiH2]c1ccccc1-2)[CH]1C(CCCC)=Cc2c1ccc(C(C)(C)C)c2-c1cc(C(C)C)cc(C(C)C)c1. The molecule has 1 heterocycles. The zero-order valence-corrected chi connectivity index (χ0v) is 53.5. The summed E-state index contributed by atoms with van der Waals surface area (Å²) in [6.45, 7) is 37.9. The molecule has 1 aliphatic heterocycles. The second-order valence-electron chi connectivity index (χ2n) is 26.2. The van der Waals surface area contributed by atoms with Crippen LogP contribution in [-0.2, 0) is 27.2 Å². The van der Waals surface area contributed by atoms with Crippen molar-refractivity contribution in [1.82, 2.24) is 0 Å². The van der Waals surface area contributed by atoms with Crippen LogP contribution in [0.5, 0.6) is 0 Å². The van der Waals surface area contributed by atoms with E-state index in [4.69, 9.17) is 0 Å². The molecule has 0 saturated carbocycles. The first kappa shape index (κ1) is 55.2. The summed E-state index contributed by atoms with van der Waals surface area (Å²) in [6.07, 6.45) is 11.6. The number of allylic oxidation sites excluding steroid dienone is 2. The first-order valence-corrected chi connectivity index (χ1v) is 40.5. The van der Waals surface area contributed by atoms with Crippen LogP contribution < -0.4 is 13.6 Å². The van der Waals surface area contributed by atoms with Crippen molar-refractivity contribution in [1.29, 1.82) is 0 Å². The third-order valence-electron chi connectivity index (χ3n) is 17.5. The number of fused-ring (bicyclic) bond motifs is 5. The van der Waals surface area contributed by atoms with Crippen LogP contribution in [0.4, 0.5) is 0 Å². The maximum absolute atomic E-state index is 9.80. The molecule has 3 aliphatic rings. The van der Waals surface area contributed by atoms with E-state index in [0.29, 0.717) is 23.7 Å². The summed E-state index contributed by atoms with van der Waals surface area (Å²) < 4.78 is 1.07. The summed E-state index contributed by atoms with van der Waals surface area (Å²) >= 11 is -5.88. The monoisotopic (exact) mass is 1120 g/mol. The van der Waals surface area contributed by atoms with E-state index >= 15 is 0 Å². The van der Waals surface area contributed by atoms with Crippen molar-refractivity contribution in [3.05, 3.63) is 170 Å². The second-order valence-corrected chi connectivity index (χ2v) is 48.6. The van der Waals surface area contributed by atoms with Gasteiger partial charge in [-0.05, 0) is 0 Å². The fraction of sp³-hybridized carbons (Fsp3) is 0.429. The van der Waals surface area contributed by atoms with Crippen molar-refractivity contribution in [3.63, 3.8) is 0 Å². The molecule has 6 aromatic rings. The molecule has 0 radical (unpaired) electrons. The first-order valence-electron chi connectivity index (χ1n) is 28.7. The van der Waals surface area contributed by atoms with Gasteiger partial charge in [-0.15, -0.1) is 0 Å². The van der Waals surface area contributed by atoms with Gasteiger partial charge in [0.05, 0.1) is 0 Å². The Balaban J connectivity index is 1.44. The van der Waals surface area contributed by atoms with E-state index in [2.05, 4.69) is 226 Å². The van der Waals surface area contributed by atoms with Crippen molar-refractivity contribution in [2.75, 3.05) is 0 Å². The first-order chi connectivity index (χ1) is 34.9. The predicted molar refractivity (Wildman–Crippen MR) is 329 cm³/mol. The Morgan fingerprint density at radius 2 is 0.905 bits per heavy atom. The zero-order valence-electron chi connectivity index (χ0n) is 48.1. The van der Waals surface area contributed by atoms with E-state index in [1.165, 1.54) is 114 Å². The molecule has 0 fully saturated rings. The van der Waals surface area contributed by atoms with Gasteiger partial charge in [0, 0.05) is 0 Å². The van der Waals surface area contributed by atoms with Gasteiger partial charge in [0.2, 0.25) is 0 Å². The van der Waals surface area contributed by atoms with Crippen LogP contribution in [0.25, 0.3) is 45.5 Å². The Morgan fingerprint density at radius 3 is 1.30 bits per heavy atom. The molecule has 0 amide bonds. The summed E-state index contributed by atoms with van der Waals surface area (Å²) in [7, 11) is 18.7. The van der Waals surface area contributed by atoms with Gasteiger partial charge in [0.1, 0.15) is 0 Å². The third-order valence-corrected chi connectivity index (χ3v) is 40.3. The summed E-state index contributed by atoms with van der Waals surface area (Å²) in [5.74, 6) is 1.62. The fourth-order valence-corrected chi connectivity index (χ4v) is 41.4. The molecule has 0 nitrogen and oxygen atoms in total. The Kier molecular flexibility index (Phi) is 15.4. The number of benzene rings is 6. The van der Waals surface area contributed by atoms with Crippen molar-refractivity contribution >= 4 is 52.3 Å². The Hall–Kier alpha value is -3.52. The summed E-state index contributed by atoms with van der Waals surface area (Å²) in [5.41, 5.74) is 24.6. The standard InChI is InChI=1S/2C29H39.C12H9Si.2ClH.Zr/c2*1-9-10-11-21-14-22-12-13-27(29(6,7)8)28(26(22)15-21)25-17-23(19(2)3)16-24(18-25)20(4)5;1-3-7-11-9(5-1)10-6-2-4-8-12(10)13-11;;;/h2*12-20H,9-11H2,1-8H3;1-7H,13H2;2*1H;/q;;;;;+2/p-2. The molecule has 0 saturated heterocycles. The average Bonchev–Trinajstić information content (AvgIpc) is 4.08. The Morgan fingerprint density at radius 1 is 0.500 bits per heavy atom. The predicted octanol–water partition coefficient (Wildman–Crippen LogP) is 19.5. The molecule has 9 rings (SSSR count). The third kappa shape index (κ3) is 9.68. The molecule has 0 N–H and O–H groups in total. The molecule has 4 heteroatoms.